The Morgan fingerprint density at radius 3 is 2.72 bits per heavy atom. The number of nitrogens with zero attached hydrogens (tertiary/aromatic N) is 2. The third-order valence-electron chi connectivity index (χ3n) is 3.12. The molecule has 0 radical (unpaired) electrons. The van der Waals surface area contributed by atoms with E-state index in [1.54, 1.807) is 22.2 Å². The van der Waals surface area contributed by atoms with E-state index in [1.165, 1.54) is 4.88 Å². The molecule has 18 heavy (non-hydrogen) atoms. The van der Waals surface area contributed by atoms with Crippen molar-refractivity contribution in [3.8, 4) is 0 Å². The molecule has 0 aliphatic heterocycles. The average molecular weight is 329 g/mol. The first-order valence-corrected chi connectivity index (χ1v) is 7.80. The maximum absolute atomic E-state index is 12.5. The van der Waals surface area contributed by atoms with E-state index >= 15 is 0 Å². The summed E-state index contributed by atoms with van der Waals surface area (Å²) in [6, 6.07) is 0. The summed E-state index contributed by atoms with van der Waals surface area (Å²) in [7, 11) is 0. The van der Waals surface area contributed by atoms with E-state index in [0.717, 1.165) is 21.1 Å². The maximum atomic E-state index is 12.5. The zero-order valence-corrected chi connectivity index (χ0v) is 13.5. The van der Waals surface area contributed by atoms with Crippen LogP contribution in [0.15, 0.2) is 11.1 Å². The Kier molecular flexibility index (Phi) is 3.65. The fraction of sp³-hybridized carbons (Fsp3) is 0.538. The lowest BCUT2D eigenvalue weighted by Crippen LogP contribution is -2.29. The van der Waals surface area contributed by atoms with Crippen LogP contribution in [0.2, 0.25) is 0 Å². The second kappa shape index (κ2) is 4.78. The molecule has 2 heterocycles. The highest BCUT2D eigenvalue weighted by molar-refractivity contribution is 9.09. The molecule has 0 aromatic carbocycles. The van der Waals surface area contributed by atoms with Crippen molar-refractivity contribution in [1.29, 1.82) is 0 Å². The molecule has 0 aliphatic rings. The van der Waals surface area contributed by atoms with Gasteiger partial charge < -0.3 is 0 Å². The molecule has 0 saturated carbocycles. The zero-order valence-electron chi connectivity index (χ0n) is 11.1. The second-order valence-electron chi connectivity index (χ2n) is 5.44. The predicted molar refractivity (Wildman–Crippen MR) is 80.9 cm³/mol. The van der Waals surface area contributed by atoms with Crippen LogP contribution in [0, 0.1) is 19.3 Å². The number of alkyl halides is 1. The topological polar surface area (TPSA) is 34.9 Å². The molecule has 2 rings (SSSR count). The summed E-state index contributed by atoms with van der Waals surface area (Å²) in [6.07, 6.45) is 1.67. The second-order valence-corrected chi connectivity index (χ2v) is 7.20. The Balaban J connectivity index is 2.58. The summed E-state index contributed by atoms with van der Waals surface area (Å²) in [5, 5.41) is 1.64. The number of thiophene rings is 1. The van der Waals surface area contributed by atoms with Gasteiger partial charge in [0.2, 0.25) is 0 Å². The van der Waals surface area contributed by atoms with Gasteiger partial charge in [-0.15, -0.1) is 11.3 Å². The Labute approximate surface area is 119 Å². The van der Waals surface area contributed by atoms with E-state index in [1.807, 2.05) is 13.8 Å². The van der Waals surface area contributed by atoms with Crippen LogP contribution in [0.25, 0.3) is 10.2 Å². The molecule has 98 valence electrons. The number of hydrogen-bond donors (Lipinski definition) is 0. The fourth-order valence-electron chi connectivity index (χ4n) is 1.89. The largest absolute Gasteiger partial charge is 0.298 e. The summed E-state index contributed by atoms with van der Waals surface area (Å²) >= 11 is 5.08. The van der Waals surface area contributed by atoms with Gasteiger partial charge in [0.1, 0.15) is 4.83 Å². The molecule has 0 bridgehead atoms. The number of aromatic nitrogens is 2. The van der Waals surface area contributed by atoms with Gasteiger partial charge in [0.05, 0.1) is 11.7 Å². The van der Waals surface area contributed by atoms with E-state index in [-0.39, 0.29) is 11.0 Å². The molecule has 0 atom stereocenters. The van der Waals surface area contributed by atoms with Crippen molar-refractivity contribution in [3.05, 3.63) is 27.1 Å². The smallest absolute Gasteiger partial charge is 0.262 e. The minimum absolute atomic E-state index is 0.0398. The summed E-state index contributed by atoms with van der Waals surface area (Å²) in [5.41, 5.74) is 1.19. The van der Waals surface area contributed by atoms with Crippen molar-refractivity contribution in [2.75, 3.05) is 5.33 Å². The minimum Gasteiger partial charge on any atom is -0.298 e. The van der Waals surface area contributed by atoms with Crippen LogP contribution in [0.5, 0.6) is 0 Å². The Hall–Kier alpha value is -0.680. The molecule has 0 fully saturated rings. The first-order chi connectivity index (χ1) is 8.35. The molecule has 0 N–H and O–H groups in total. The molecule has 2 aromatic heterocycles. The lowest BCUT2D eigenvalue weighted by Gasteiger charge is -2.22. The average Bonchev–Trinajstić information content (AvgIpc) is 2.60. The van der Waals surface area contributed by atoms with Gasteiger partial charge in [-0.2, -0.15) is 0 Å². The lowest BCUT2D eigenvalue weighted by atomic mass is 9.97. The minimum atomic E-state index is 0.0398. The van der Waals surface area contributed by atoms with Crippen molar-refractivity contribution in [2.45, 2.75) is 34.2 Å². The molecule has 0 saturated heterocycles. The number of rotatable bonds is 3. The monoisotopic (exact) mass is 328 g/mol. The molecule has 5 heteroatoms. The molecule has 0 spiro atoms. The first-order valence-electron chi connectivity index (χ1n) is 5.87. The maximum Gasteiger partial charge on any atom is 0.262 e. The van der Waals surface area contributed by atoms with E-state index < -0.39 is 0 Å². The van der Waals surface area contributed by atoms with E-state index in [9.17, 15) is 4.79 Å². The number of hydrogen-bond acceptors (Lipinski definition) is 3. The van der Waals surface area contributed by atoms with Crippen LogP contribution in [0.4, 0.5) is 0 Å². The van der Waals surface area contributed by atoms with Gasteiger partial charge in [-0.25, -0.2) is 4.98 Å². The third-order valence-corrected chi connectivity index (χ3v) is 5.75. The van der Waals surface area contributed by atoms with E-state index in [2.05, 4.69) is 34.8 Å². The van der Waals surface area contributed by atoms with Crippen LogP contribution in [0.1, 0.15) is 24.3 Å². The highest BCUT2D eigenvalue weighted by Gasteiger charge is 2.19. The molecule has 3 nitrogen and oxygen atoms in total. The van der Waals surface area contributed by atoms with E-state index in [4.69, 9.17) is 0 Å². The van der Waals surface area contributed by atoms with E-state index in [0.29, 0.717) is 6.54 Å². The predicted octanol–water partition coefficient (Wildman–Crippen LogP) is 3.50. The fourth-order valence-corrected chi connectivity index (χ4v) is 3.05. The Morgan fingerprint density at radius 2 is 2.11 bits per heavy atom. The van der Waals surface area contributed by atoms with Crippen LogP contribution in [-0.2, 0) is 6.54 Å². The summed E-state index contributed by atoms with van der Waals surface area (Å²) in [5.74, 6) is 0. The highest BCUT2D eigenvalue weighted by Crippen LogP contribution is 2.26. The van der Waals surface area contributed by atoms with Crippen LogP contribution < -0.4 is 5.56 Å². The Morgan fingerprint density at radius 1 is 1.44 bits per heavy atom. The van der Waals surface area contributed by atoms with Crippen molar-refractivity contribution in [2.24, 2.45) is 5.41 Å². The number of aryl methyl sites for hydroxylation is 2. The summed E-state index contributed by atoms with van der Waals surface area (Å²) in [6.45, 7) is 8.97. The van der Waals surface area contributed by atoms with Gasteiger partial charge in [-0.3, -0.25) is 9.36 Å². The van der Waals surface area contributed by atoms with Gasteiger partial charge in [-0.1, -0.05) is 29.8 Å². The van der Waals surface area contributed by atoms with Crippen LogP contribution >= 0.6 is 27.3 Å². The van der Waals surface area contributed by atoms with Gasteiger partial charge in [0.25, 0.3) is 5.56 Å². The molecule has 2 aromatic rings. The van der Waals surface area contributed by atoms with Crippen molar-refractivity contribution >= 4 is 37.5 Å². The van der Waals surface area contributed by atoms with Gasteiger partial charge in [-0.05, 0) is 24.8 Å². The molecule has 0 aliphatic carbocycles. The number of fused-ring (bicyclic) bond motifs is 1. The van der Waals surface area contributed by atoms with Crippen molar-refractivity contribution < 1.29 is 0 Å². The normalized spacial score (nSPS) is 12.3. The van der Waals surface area contributed by atoms with Gasteiger partial charge in [0.15, 0.2) is 0 Å². The summed E-state index contributed by atoms with van der Waals surface area (Å²) in [4.78, 5) is 18.9. The molecular weight excluding hydrogens is 312 g/mol. The van der Waals surface area contributed by atoms with Crippen molar-refractivity contribution in [1.82, 2.24) is 9.55 Å². The van der Waals surface area contributed by atoms with Gasteiger partial charge in [0, 0.05) is 16.8 Å². The number of halogens is 1. The lowest BCUT2D eigenvalue weighted by molar-refractivity contribution is 0.348. The zero-order chi connectivity index (χ0) is 13.5. The van der Waals surface area contributed by atoms with Crippen LogP contribution in [0.3, 0.4) is 0 Å². The third kappa shape index (κ3) is 2.38. The quantitative estimate of drug-likeness (QED) is 0.808. The highest BCUT2D eigenvalue weighted by atomic mass is 79.9. The molecule has 0 unspecified atom stereocenters. The van der Waals surface area contributed by atoms with Gasteiger partial charge >= 0.3 is 0 Å². The standard InChI is InChI=1S/C13H17BrN2OS/c1-8-9(2)18-11-10(8)12(17)16(7-15-11)6-13(3,4)5-14/h7H,5-6H2,1-4H3. The Bertz CT molecular complexity index is 642. The molecule has 0 amide bonds. The SMILES string of the molecule is Cc1sc2ncn(CC(C)(C)CBr)c(=O)c2c1C. The molecular formula is C13H17BrN2OS. The van der Waals surface area contributed by atoms with Crippen molar-refractivity contribution in [3.63, 3.8) is 0 Å². The van der Waals surface area contributed by atoms with Crippen LogP contribution in [-0.4, -0.2) is 14.9 Å². The first kappa shape index (κ1) is 13.7. The summed E-state index contributed by atoms with van der Waals surface area (Å²) < 4.78 is 1.72.